The number of esters is 1. The summed E-state index contributed by atoms with van der Waals surface area (Å²) in [5.74, 6) is -0.174. The number of nitrogens with two attached hydrogens (primary N) is 1. The van der Waals surface area contributed by atoms with Gasteiger partial charge in [0.15, 0.2) is 0 Å². The summed E-state index contributed by atoms with van der Waals surface area (Å²) < 4.78 is 4.67. The van der Waals surface area contributed by atoms with Gasteiger partial charge in [0.2, 0.25) is 0 Å². The fourth-order valence-electron chi connectivity index (χ4n) is 2.13. The summed E-state index contributed by atoms with van der Waals surface area (Å²) in [6, 6.07) is 7.89. The highest BCUT2D eigenvalue weighted by molar-refractivity contribution is 5.71. The van der Waals surface area contributed by atoms with Gasteiger partial charge in [0, 0.05) is 37.6 Å². The average molecular weight is 249 g/mol. The summed E-state index contributed by atoms with van der Waals surface area (Å²) in [4.78, 5) is 15.6. The fourth-order valence-corrected chi connectivity index (χ4v) is 2.13. The Labute approximate surface area is 107 Å². The molecule has 0 spiro atoms. The van der Waals surface area contributed by atoms with E-state index in [2.05, 4.69) is 20.6 Å². The van der Waals surface area contributed by atoms with Crippen LogP contribution in [0.25, 0.3) is 0 Å². The van der Waals surface area contributed by atoms with Gasteiger partial charge >= 0.3 is 5.97 Å². The van der Waals surface area contributed by atoms with Gasteiger partial charge in [-0.15, -0.1) is 0 Å². The van der Waals surface area contributed by atoms with Crippen LogP contribution in [0.4, 0.5) is 11.4 Å². The second-order valence-electron chi connectivity index (χ2n) is 4.43. The van der Waals surface area contributed by atoms with Crippen LogP contribution in [0.1, 0.15) is 0 Å². The van der Waals surface area contributed by atoms with Gasteiger partial charge < -0.3 is 15.4 Å². The van der Waals surface area contributed by atoms with Crippen LogP contribution < -0.4 is 10.6 Å². The normalized spacial score (nSPS) is 16.6. The lowest BCUT2D eigenvalue weighted by atomic mass is 10.2. The summed E-state index contributed by atoms with van der Waals surface area (Å²) in [6.07, 6.45) is 0. The lowest BCUT2D eigenvalue weighted by molar-refractivity contribution is -0.142. The van der Waals surface area contributed by atoms with E-state index in [9.17, 15) is 4.79 Å². The van der Waals surface area contributed by atoms with Crippen molar-refractivity contribution in [3.8, 4) is 0 Å². The second-order valence-corrected chi connectivity index (χ2v) is 4.43. The molecule has 1 saturated heterocycles. The molecule has 0 amide bonds. The third-order valence-electron chi connectivity index (χ3n) is 3.19. The average Bonchev–Trinajstić information content (AvgIpc) is 2.39. The zero-order chi connectivity index (χ0) is 13.0. The van der Waals surface area contributed by atoms with Crippen molar-refractivity contribution in [1.29, 1.82) is 0 Å². The molecular formula is C13H19N3O2. The van der Waals surface area contributed by atoms with Gasteiger partial charge in [0.05, 0.1) is 13.7 Å². The Morgan fingerprint density at radius 2 is 2.06 bits per heavy atom. The van der Waals surface area contributed by atoms with E-state index < -0.39 is 0 Å². The topological polar surface area (TPSA) is 58.8 Å². The van der Waals surface area contributed by atoms with Crippen LogP contribution in [0, 0.1) is 0 Å². The number of carbonyl (C=O) groups excluding carboxylic acids is 1. The van der Waals surface area contributed by atoms with Gasteiger partial charge in [-0.05, 0) is 18.2 Å². The molecule has 2 N–H and O–H groups in total. The number of nitrogen functional groups attached to an aromatic ring is 1. The number of rotatable bonds is 3. The molecular weight excluding hydrogens is 230 g/mol. The summed E-state index contributed by atoms with van der Waals surface area (Å²) in [5, 5.41) is 0. The molecule has 0 bridgehead atoms. The van der Waals surface area contributed by atoms with Crippen molar-refractivity contribution >= 4 is 17.3 Å². The molecule has 5 nitrogen and oxygen atoms in total. The molecule has 1 heterocycles. The molecule has 18 heavy (non-hydrogen) atoms. The highest BCUT2D eigenvalue weighted by Gasteiger charge is 2.19. The van der Waals surface area contributed by atoms with Gasteiger partial charge in [-0.25, -0.2) is 0 Å². The molecule has 98 valence electrons. The van der Waals surface area contributed by atoms with Crippen molar-refractivity contribution in [3.63, 3.8) is 0 Å². The van der Waals surface area contributed by atoms with Crippen LogP contribution in [-0.2, 0) is 9.53 Å². The highest BCUT2D eigenvalue weighted by atomic mass is 16.5. The SMILES string of the molecule is COC(=O)CN1CCN(c2cccc(N)c2)CC1. The molecule has 1 aliphatic rings. The number of anilines is 2. The molecule has 0 radical (unpaired) electrons. The fraction of sp³-hybridized carbons (Fsp3) is 0.462. The lowest BCUT2D eigenvalue weighted by Gasteiger charge is -2.35. The van der Waals surface area contributed by atoms with E-state index in [0.29, 0.717) is 6.54 Å². The first-order valence-corrected chi connectivity index (χ1v) is 6.08. The van der Waals surface area contributed by atoms with Crippen molar-refractivity contribution in [1.82, 2.24) is 4.90 Å². The molecule has 1 aliphatic heterocycles. The molecule has 0 aromatic heterocycles. The Balaban J connectivity index is 1.88. The maximum absolute atomic E-state index is 11.2. The molecule has 0 saturated carbocycles. The summed E-state index contributed by atoms with van der Waals surface area (Å²) in [5.41, 5.74) is 7.71. The van der Waals surface area contributed by atoms with Crippen LogP contribution in [0.2, 0.25) is 0 Å². The van der Waals surface area contributed by atoms with Gasteiger partial charge in [-0.2, -0.15) is 0 Å². The first kappa shape index (κ1) is 12.7. The van der Waals surface area contributed by atoms with E-state index in [1.54, 1.807) is 0 Å². The first-order valence-electron chi connectivity index (χ1n) is 6.08. The Bertz CT molecular complexity index is 414. The Hall–Kier alpha value is -1.75. The van der Waals surface area contributed by atoms with Crippen LogP contribution >= 0.6 is 0 Å². The van der Waals surface area contributed by atoms with Gasteiger partial charge in [0.1, 0.15) is 0 Å². The van der Waals surface area contributed by atoms with E-state index in [1.807, 2.05) is 18.2 Å². The number of nitrogens with zero attached hydrogens (tertiary/aromatic N) is 2. The largest absolute Gasteiger partial charge is 0.468 e. The summed E-state index contributed by atoms with van der Waals surface area (Å²) in [7, 11) is 1.42. The third-order valence-corrected chi connectivity index (χ3v) is 3.19. The standard InChI is InChI=1S/C13H19N3O2/c1-18-13(17)10-15-5-7-16(8-6-15)12-4-2-3-11(14)9-12/h2-4,9H,5-8,10,14H2,1H3. The molecule has 0 unspecified atom stereocenters. The van der Waals surface area contributed by atoms with Crippen molar-refractivity contribution in [2.24, 2.45) is 0 Å². The van der Waals surface area contributed by atoms with Crippen LogP contribution in [0.5, 0.6) is 0 Å². The van der Waals surface area contributed by atoms with Crippen molar-refractivity contribution < 1.29 is 9.53 Å². The van der Waals surface area contributed by atoms with Crippen LogP contribution in [0.15, 0.2) is 24.3 Å². The Morgan fingerprint density at radius 3 is 2.67 bits per heavy atom. The molecule has 0 atom stereocenters. The summed E-state index contributed by atoms with van der Waals surface area (Å²) in [6.45, 7) is 3.91. The number of piperazine rings is 1. The lowest BCUT2D eigenvalue weighted by Crippen LogP contribution is -2.48. The number of hydrogen-bond donors (Lipinski definition) is 1. The van der Waals surface area contributed by atoms with Gasteiger partial charge in [-0.1, -0.05) is 6.07 Å². The Kier molecular flexibility index (Phi) is 4.04. The molecule has 1 aromatic carbocycles. The van der Waals surface area contributed by atoms with Crippen LogP contribution in [0.3, 0.4) is 0 Å². The van der Waals surface area contributed by atoms with Gasteiger partial charge in [-0.3, -0.25) is 9.69 Å². The zero-order valence-corrected chi connectivity index (χ0v) is 10.6. The molecule has 5 heteroatoms. The smallest absolute Gasteiger partial charge is 0.319 e. The molecule has 1 aromatic rings. The maximum atomic E-state index is 11.2. The zero-order valence-electron chi connectivity index (χ0n) is 10.6. The molecule has 2 rings (SSSR count). The van der Waals surface area contributed by atoms with E-state index in [4.69, 9.17) is 5.73 Å². The minimum absolute atomic E-state index is 0.174. The predicted octanol–water partition coefficient (Wildman–Crippen LogP) is 0.564. The van der Waals surface area contributed by atoms with E-state index in [0.717, 1.165) is 37.6 Å². The quantitative estimate of drug-likeness (QED) is 0.626. The Morgan fingerprint density at radius 1 is 1.33 bits per heavy atom. The van der Waals surface area contributed by atoms with Crippen molar-refractivity contribution in [3.05, 3.63) is 24.3 Å². The van der Waals surface area contributed by atoms with E-state index in [1.165, 1.54) is 7.11 Å². The molecule has 0 aliphatic carbocycles. The number of carbonyl (C=O) groups is 1. The first-order chi connectivity index (χ1) is 8.69. The van der Waals surface area contributed by atoms with Crippen molar-refractivity contribution in [2.75, 3.05) is 50.5 Å². The number of hydrogen-bond acceptors (Lipinski definition) is 5. The van der Waals surface area contributed by atoms with Crippen molar-refractivity contribution in [2.45, 2.75) is 0 Å². The van der Waals surface area contributed by atoms with Gasteiger partial charge in [0.25, 0.3) is 0 Å². The third kappa shape index (κ3) is 3.13. The minimum atomic E-state index is -0.174. The number of methoxy groups -OCH3 is 1. The maximum Gasteiger partial charge on any atom is 0.319 e. The summed E-state index contributed by atoms with van der Waals surface area (Å²) >= 11 is 0. The second kappa shape index (κ2) is 5.73. The highest BCUT2D eigenvalue weighted by Crippen LogP contribution is 2.18. The van der Waals surface area contributed by atoms with Crippen LogP contribution in [-0.4, -0.2) is 50.7 Å². The number of ether oxygens (including phenoxy) is 1. The number of benzene rings is 1. The van der Waals surface area contributed by atoms with E-state index in [-0.39, 0.29) is 5.97 Å². The monoisotopic (exact) mass is 249 g/mol. The predicted molar refractivity (Wildman–Crippen MR) is 71.5 cm³/mol. The minimum Gasteiger partial charge on any atom is -0.468 e. The van der Waals surface area contributed by atoms with E-state index >= 15 is 0 Å². The molecule has 1 fully saturated rings.